The highest BCUT2D eigenvalue weighted by Crippen LogP contribution is 2.19. The molecule has 1 aliphatic rings. The van der Waals surface area contributed by atoms with Crippen molar-refractivity contribution in [1.82, 2.24) is 25.4 Å². The number of hydrogen-bond donors (Lipinski definition) is 2. The van der Waals surface area contributed by atoms with Crippen LogP contribution in [0.1, 0.15) is 32.1 Å². The second-order valence-corrected chi connectivity index (χ2v) is 6.59. The maximum absolute atomic E-state index is 12.9. The zero-order valence-corrected chi connectivity index (χ0v) is 14.9. The fraction of sp³-hybridized carbons (Fsp3) is 0.200. The molecular formula is C20H18FN5O2. The molecule has 1 aliphatic heterocycles. The zero-order chi connectivity index (χ0) is 19.5. The summed E-state index contributed by atoms with van der Waals surface area (Å²) in [7, 11) is 0. The molecule has 142 valence electrons. The predicted molar refractivity (Wildman–Crippen MR) is 99.0 cm³/mol. The molecule has 0 saturated carbocycles. The number of fused-ring (bicyclic) bond motifs is 1. The highest BCUT2D eigenvalue weighted by atomic mass is 19.1. The molecular weight excluding hydrogens is 361 g/mol. The summed E-state index contributed by atoms with van der Waals surface area (Å²) in [6.07, 6.45) is 3.04. The lowest BCUT2D eigenvalue weighted by atomic mass is 10.1. The summed E-state index contributed by atoms with van der Waals surface area (Å²) in [6.45, 7) is 0.898. The van der Waals surface area contributed by atoms with E-state index in [2.05, 4.69) is 20.7 Å². The molecule has 0 bridgehead atoms. The number of carbonyl (C=O) groups excluding carboxylic acids is 2. The predicted octanol–water partition coefficient (Wildman–Crippen LogP) is 1.70. The van der Waals surface area contributed by atoms with Crippen LogP contribution in [0, 0.1) is 5.82 Å². The minimum absolute atomic E-state index is 0.145. The van der Waals surface area contributed by atoms with Crippen LogP contribution in [0.25, 0.3) is 0 Å². The Labute approximate surface area is 160 Å². The third-order valence-electron chi connectivity index (χ3n) is 4.62. The van der Waals surface area contributed by atoms with Gasteiger partial charge >= 0.3 is 0 Å². The number of aromatic nitrogens is 3. The summed E-state index contributed by atoms with van der Waals surface area (Å²) in [5.74, 6) is -1.08. The first-order valence-corrected chi connectivity index (χ1v) is 8.89. The molecule has 0 radical (unpaired) electrons. The van der Waals surface area contributed by atoms with Gasteiger partial charge in [-0.15, -0.1) is 0 Å². The molecule has 0 saturated heterocycles. The van der Waals surface area contributed by atoms with Crippen molar-refractivity contribution in [3.05, 3.63) is 83.2 Å². The quantitative estimate of drug-likeness (QED) is 0.706. The number of nitrogens with one attached hydrogen (secondary N) is 2. The Morgan fingerprint density at radius 2 is 1.93 bits per heavy atom. The lowest BCUT2D eigenvalue weighted by molar-refractivity contribution is 0.0930. The fourth-order valence-corrected chi connectivity index (χ4v) is 3.22. The number of nitrogens with zero attached hydrogens (tertiary/aromatic N) is 3. The Morgan fingerprint density at radius 3 is 2.68 bits per heavy atom. The van der Waals surface area contributed by atoms with Gasteiger partial charge in [-0.2, -0.15) is 5.10 Å². The van der Waals surface area contributed by atoms with Crippen LogP contribution in [0.15, 0.2) is 54.9 Å². The van der Waals surface area contributed by atoms with Gasteiger partial charge in [-0.1, -0.05) is 30.3 Å². The van der Waals surface area contributed by atoms with Crippen LogP contribution in [0.3, 0.4) is 0 Å². The van der Waals surface area contributed by atoms with E-state index in [9.17, 15) is 14.0 Å². The molecule has 4 rings (SSSR count). The number of halogens is 1. The number of benzene rings is 1. The molecule has 0 aliphatic carbocycles. The van der Waals surface area contributed by atoms with Gasteiger partial charge < -0.3 is 10.6 Å². The van der Waals surface area contributed by atoms with Crippen molar-refractivity contribution in [3.63, 3.8) is 0 Å². The lowest BCUT2D eigenvalue weighted by Crippen LogP contribution is -2.36. The molecule has 0 spiro atoms. The van der Waals surface area contributed by atoms with E-state index in [1.165, 1.54) is 12.1 Å². The standard InChI is InChI=1S/C20H18FN5O2/c21-14-6-7-17(22-10-14)20(28)25-15-8-18-16(11-24-26(18)12-15)19(27)23-9-13-4-2-1-3-5-13/h1-7,10-11,15H,8-9,12H2,(H,23,27)(H,25,28)/t15-/m0/s1. The minimum atomic E-state index is -0.497. The second kappa shape index (κ2) is 7.59. The maximum atomic E-state index is 12.9. The average molecular weight is 379 g/mol. The van der Waals surface area contributed by atoms with E-state index in [0.29, 0.717) is 25.1 Å². The van der Waals surface area contributed by atoms with Crippen LogP contribution in [0.4, 0.5) is 4.39 Å². The Balaban J connectivity index is 1.38. The Hall–Kier alpha value is -3.55. The van der Waals surface area contributed by atoms with Crippen LogP contribution < -0.4 is 10.6 Å². The van der Waals surface area contributed by atoms with Crippen LogP contribution in [-0.4, -0.2) is 32.6 Å². The van der Waals surface area contributed by atoms with Crippen LogP contribution >= 0.6 is 0 Å². The Kier molecular flexibility index (Phi) is 4.84. The van der Waals surface area contributed by atoms with E-state index in [1.54, 1.807) is 10.9 Å². The highest BCUT2D eigenvalue weighted by molar-refractivity contribution is 5.95. The zero-order valence-electron chi connectivity index (χ0n) is 14.9. The molecule has 2 aromatic heterocycles. The molecule has 1 aromatic carbocycles. The summed E-state index contributed by atoms with van der Waals surface area (Å²) < 4.78 is 14.7. The van der Waals surface area contributed by atoms with Gasteiger partial charge in [0.25, 0.3) is 11.8 Å². The minimum Gasteiger partial charge on any atom is -0.348 e. The largest absolute Gasteiger partial charge is 0.348 e. The van der Waals surface area contributed by atoms with Gasteiger partial charge in [0.15, 0.2) is 0 Å². The first-order valence-electron chi connectivity index (χ1n) is 8.89. The molecule has 28 heavy (non-hydrogen) atoms. The topological polar surface area (TPSA) is 88.9 Å². The molecule has 2 N–H and O–H groups in total. The van der Waals surface area contributed by atoms with E-state index in [4.69, 9.17) is 0 Å². The Morgan fingerprint density at radius 1 is 1.11 bits per heavy atom. The van der Waals surface area contributed by atoms with Crippen LogP contribution in [0.2, 0.25) is 0 Å². The van der Waals surface area contributed by atoms with Crippen LogP contribution in [0.5, 0.6) is 0 Å². The number of carbonyl (C=O) groups is 2. The van der Waals surface area contributed by atoms with Crippen molar-refractivity contribution >= 4 is 11.8 Å². The molecule has 2 amide bonds. The average Bonchev–Trinajstić information content (AvgIpc) is 3.27. The third kappa shape index (κ3) is 3.75. The first-order chi connectivity index (χ1) is 13.6. The van der Waals surface area contributed by atoms with Crippen molar-refractivity contribution in [2.75, 3.05) is 0 Å². The van der Waals surface area contributed by atoms with Crippen molar-refractivity contribution in [2.45, 2.75) is 25.6 Å². The summed E-state index contributed by atoms with van der Waals surface area (Å²) in [4.78, 5) is 28.6. The van der Waals surface area contributed by atoms with Gasteiger partial charge in [-0.05, 0) is 17.7 Å². The van der Waals surface area contributed by atoms with Gasteiger partial charge in [-0.3, -0.25) is 14.3 Å². The molecule has 0 fully saturated rings. The molecule has 3 heterocycles. The normalized spacial score (nSPS) is 15.1. The van der Waals surface area contributed by atoms with Crippen LogP contribution in [-0.2, 0) is 19.5 Å². The van der Waals surface area contributed by atoms with Gasteiger partial charge in [0.2, 0.25) is 0 Å². The van der Waals surface area contributed by atoms with Crippen molar-refractivity contribution in [2.24, 2.45) is 0 Å². The van der Waals surface area contributed by atoms with Crippen molar-refractivity contribution < 1.29 is 14.0 Å². The number of rotatable bonds is 5. The number of amides is 2. The summed E-state index contributed by atoms with van der Waals surface area (Å²) in [6, 6.07) is 12.0. The molecule has 8 heteroatoms. The van der Waals surface area contributed by atoms with E-state index >= 15 is 0 Å². The second-order valence-electron chi connectivity index (χ2n) is 6.59. The molecule has 0 unspecified atom stereocenters. The lowest BCUT2D eigenvalue weighted by Gasteiger charge is -2.11. The van der Waals surface area contributed by atoms with Gasteiger partial charge in [0, 0.05) is 13.0 Å². The maximum Gasteiger partial charge on any atom is 0.270 e. The molecule has 7 nitrogen and oxygen atoms in total. The number of pyridine rings is 1. The van der Waals surface area contributed by atoms with E-state index in [0.717, 1.165) is 17.5 Å². The van der Waals surface area contributed by atoms with Gasteiger partial charge in [0.05, 0.1) is 36.2 Å². The third-order valence-corrected chi connectivity index (χ3v) is 4.62. The van der Waals surface area contributed by atoms with Gasteiger partial charge in [-0.25, -0.2) is 9.37 Å². The molecule has 3 aromatic rings. The fourth-order valence-electron chi connectivity index (χ4n) is 3.22. The van der Waals surface area contributed by atoms with Crippen molar-refractivity contribution in [3.8, 4) is 0 Å². The smallest absolute Gasteiger partial charge is 0.270 e. The summed E-state index contributed by atoms with van der Waals surface area (Å²) in [5, 5.41) is 10.0. The van der Waals surface area contributed by atoms with E-state index < -0.39 is 5.82 Å². The van der Waals surface area contributed by atoms with E-state index in [-0.39, 0.29) is 23.6 Å². The number of hydrogen-bond acceptors (Lipinski definition) is 4. The van der Waals surface area contributed by atoms with Gasteiger partial charge in [0.1, 0.15) is 11.5 Å². The highest BCUT2D eigenvalue weighted by Gasteiger charge is 2.29. The van der Waals surface area contributed by atoms with E-state index in [1.807, 2.05) is 30.3 Å². The molecule has 1 atom stereocenters. The Bertz CT molecular complexity index is 1000. The summed E-state index contributed by atoms with van der Waals surface area (Å²) in [5.41, 5.74) is 2.44. The van der Waals surface area contributed by atoms with Crippen molar-refractivity contribution in [1.29, 1.82) is 0 Å². The first kappa shape index (κ1) is 17.8. The SMILES string of the molecule is O=C(N[C@H]1Cc2c(C(=O)NCc3ccccc3)cnn2C1)c1ccc(F)cn1. The monoisotopic (exact) mass is 379 g/mol. The summed E-state index contributed by atoms with van der Waals surface area (Å²) >= 11 is 0.